The van der Waals surface area contributed by atoms with Gasteiger partial charge in [-0.05, 0) is 83.7 Å². The predicted octanol–water partition coefficient (Wildman–Crippen LogP) is 3.36. The van der Waals surface area contributed by atoms with E-state index in [-0.39, 0.29) is 17.1 Å². The number of aromatic hydroxyl groups is 2. The lowest BCUT2D eigenvalue weighted by atomic mass is 9.87. The minimum absolute atomic E-state index is 0.0624. The molecule has 0 radical (unpaired) electrons. The highest BCUT2D eigenvalue weighted by Crippen LogP contribution is 2.36. The van der Waals surface area contributed by atoms with Gasteiger partial charge < -0.3 is 20.4 Å². The fourth-order valence-electron chi connectivity index (χ4n) is 3.25. The summed E-state index contributed by atoms with van der Waals surface area (Å²) in [5.41, 5.74) is 1.94. The average Bonchev–Trinajstić information content (AvgIpc) is 2.68. The molecular weight excluding hydrogens is 388 g/mol. The summed E-state index contributed by atoms with van der Waals surface area (Å²) in [6, 6.07) is 7.60. The largest absolute Gasteiger partial charge is 0.508 e. The normalized spacial score (nSPS) is 15.0. The molecule has 4 N–H and O–H groups in total. The number of carbonyl (C=O) groups is 3. The van der Waals surface area contributed by atoms with Crippen LogP contribution in [0.2, 0.25) is 0 Å². The number of hydrogen-bond acceptors (Lipinski definition) is 5. The molecule has 0 unspecified atom stereocenters. The fourth-order valence-corrected chi connectivity index (χ4v) is 3.25. The zero-order chi connectivity index (χ0) is 22.2. The molecule has 2 aromatic carbocycles. The van der Waals surface area contributed by atoms with E-state index in [1.807, 2.05) is 0 Å². The summed E-state index contributed by atoms with van der Waals surface area (Å²) in [5, 5.41) is 38.8. The van der Waals surface area contributed by atoms with Crippen LogP contribution in [0.5, 0.6) is 11.5 Å². The van der Waals surface area contributed by atoms with E-state index in [0.29, 0.717) is 33.4 Å². The van der Waals surface area contributed by atoms with E-state index in [0.717, 1.165) is 6.08 Å². The maximum atomic E-state index is 11.9. The maximum Gasteiger partial charge on any atom is 0.339 e. The van der Waals surface area contributed by atoms with Crippen LogP contribution < -0.4 is 0 Å². The van der Waals surface area contributed by atoms with Crippen LogP contribution in [0.4, 0.5) is 0 Å². The van der Waals surface area contributed by atoms with Gasteiger partial charge in [-0.25, -0.2) is 9.59 Å². The Hall–Kier alpha value is -4.13. The van der Waals surface area contributed by atoms with Crippen molar-refractivity contribution in [2.45, 2.75) is 13.8 Å². The van der Waals surface area contributed by atoms with Gasteiger partial charge in [0.25, 0.3) is 0 Å². The van der Waals surface area contributed by atoms with Crippen LogP contribution >= 0.6 is 0 Å². The number of benzene rings is 2. The first kappa shape index (κ1) is 20.6. The van der Waals surface area contributed by atoms with Crippen molar-refractivity contribution in [3.8, 4) is 11.5 Å². The van der Waals surface area contributed by atoms with Crippen LogP contribution in [-0.2, 0) is 9.59 Å². The second-order valence-corrected chi connectivity index (χ2v) is 6.89. The van der Waals surface area contributed by atoms with Crippen molar-refractivity contribution in [1.82, 2.24) is 0 Å². The van der Waals surface area contributed by atoms with Gasteiger partial charge in [0, 0.05) is 0 Å². The standard InChI is InChI=1S/C23H18O7/c1-11-7-13(3-5-18(11)24)20(14-4-6-19(25)16(9-14)22(27)28)15-8-12(2)21(26)17(10-15)23(29)30/h3-10,24,26H,1-2H3,(H,27,28)(H,29,30)/b20-14-. The van der Waals surface area contributed by atoms with E-state index >= 15 is 0 Å². The molecule has 30 heavy (non-hydrogen) atoms. The molecule has 7 nitrogen and oxygen atoms in total. The number of ketones is 1. The molecule has 152 valence electrons. The number of phenols is 2. The third kappa shape index (κ3) is 3.73. The SMILES string of the molecule is Cc1cc(/C(=C2\C=CC(=O)C(C(=O)O)=C2)c2cc(C)c(O)c(C(=O)O)c2)ccc1O. The van der Waals surface area contributed by atoms with Gasteiger partial charge in [-0.3, -0.25) is 4.79 Å². The van der Waals surface area contributed by atoms with Crippen LogP contribution in [0.3, 0.4) is 0 Å². The molecule has 0 spiro atoms. The zero-order valence-electron chi connectivity index (χ0n) is 16.1. The summed E-state index contributed by atoms with van der Waals surface area (Å²) >= 11 is 0. The van der Waals surface area contributed by atoms with Crippen molar-refractivity contribution >= 4 is 23.3 Å². The van der Waals surface area contributed by atoms with E-state index < -0.39 is 23.3 Å². The number of aryl methyl sites for hydroxylation is 2. The molecule has 0 atom stereocenters. The van der Waals surface area contributed by atoms with Crippen molar-refractivity contribution < 1.29 is 34.8 Å². The van der Waals surface area contributed by atoms with E-state index in [1.54, 1.807) is 32.0 Å². The number of allylic oxidation sites excluding steroid dienone is 4. The third-order valence-corrected chi connectivity index (χ3v) is 4.80. The summed E-state index contributed by atoms with van der Waals surface area (Å²) < 4.78 is 0. The Kier molecular flexibility index (Phi) is 5.29. The number of hydrogen-bond donors (Lipinski definition) is 4. The van der Waals surface area contributed by atoms with E-state index in [4.69, 9.17) is 0 Å². The Morgan fingerprint density at radius 1 is 0.833 bits per heavy atom. The first-order chi connectivity index (χ1) is 14.1. The monoisotopic (exact) mass is 406 g/mol. The summed E-state index contributed by atoms with van der Waals surface area (Å²) in [6.45, 7) is 3.24. The summed E-state index contributed by atoms with van der Waals surface area (Å²) in [6.07, 6.45) is 3.82. The van der Waals surface area contributed by atoms with Crippen molar-refractivity contribution in [2.75, 3.05) is 0 Å². The Bertz CT molecular complexity index is 1200. The Morgan fingerprint density at radius 3 is 2.10 bits per heavy atom. The molecule has 0 aromatic heterocycles. The zero-order valence-corrected chi connectivity index (χ0v) is 16.1. The van der Waals surface area contributed by atoms with Crippen LogP contribution in [0.15, 0.2) is 59.7 Å². The average molecular weight is 406 g/mol. The van der Waals surface area contributed by atoms with Gasteiger partial charge in [-0.1, -0.05) is 12.1 Å². The smallest absolute Gasteiger partial charge is 0.339 e. The topological polar surface area (TPSA) is 132 Å². The van der Waals surface area contributed by atoms with Crippen LogP contribution in [0.1, 0.15) is 32.6 Å². The molecule has 1 aliphatic rings. The number of carbonyl (C=O) groups excluding carboxylic acids is 1. The first-order valence-electron chi connectivity index (χ1n) is 8.89. The van der Waals surface area contributed by atoms with Gasteiger partial charge in [0.2, 0.25) is 0 Å². The van der Waals surface area contributed by atoms with Gasteiger partial charge >= 0.3 is 11.9 Å². The van der Waals surface area contributed by atoms with Crippen molar-refractivity contribution in [1.29, 1.82) is 0 Å². The highest BCUT2D eigenvalue weighted by molar-refractivity contribution is 6.23. The number of aromatic carboxylic acids is 1. The lowest BCUT2D eigenvalue weighted by Crippen LogP contribution is -2.13. The Labute approximate surface area is 171 Å². The Morgan fingerprint density at radius 2 is 1.50 bits per heavy atom. The van der Waals surface area contributed by atoms with Crippen LogP contribution in [-0.4, -0.2) is 38.1 Å². The number of rotatable bonds is 4. The molecule has 0 aliphatic heterocycles. The molecule has 2 aromatic rings. The third-order valence-electron chi connectivity index (χ3n) is 4.80. The van der Waals surface area contributed by atoms with Crippen LogP contribution in [0, 0.1) is 13.8 Å². The molecule has 7 heteroatoms. The molecule has 0 heterocycles. The molecule has 0 saturated carbocycles. The fraction of sp³-hybridized carbons (Fsp3) is 0.0870. The van der Waals surface area contributed by atoms with Gasteiger partial charge in [0.05, 0.1) is 0 Å². The summed E-state index contributed by atoms with van der Waals surface area (Å²) in [4.78, 5) is 35.0. The number of carboxylic acids is 2. The lowest BCUT2D eigenvalue weighted by molar-refractivity contribution is -0.134. The van der Waals surface area contributed by atoms with E-state index in [2.05, 4.69) is 0 Å². The maximum absolute atomic E-state index is 11.9. The molecule has 0 fully saturated rings. The minimum Gasteiger partial charge on any atom is -0.508 e. The van der Waals surface area contributed by atoms with Crippen molar-refractivity contribution in [2.24, 2.45) is 0 Å². The second-order valence-electron chi connectivity index (χ2n) is 6.89. The van der Waals surface area contributed by atoms with Gasteiger partial charge in [0.1, 0.15) is 22.6 Å². The summed E-state index contributed by atoms with van der Waals surface area (Å²) in [5.74, 6) is -3.66. The van der Waals surface area contributed by atoms with Crippen molar-refractivity contribution in [3.63, 3.8) is 0 Å². The summed E-state index contributed by atoms with van der Waals surface area (Å²) in [7, 11) is 0. The number of carboxylic acid groups (broad SMARTS) is 2. The number of aliphatic carboxylic acids is 1. The van der Waals surface area contributed by atoms with E-state index in [9.17, 15) is 34.8 Å². The molecule has 3 rings (SSSR count). The molecular formula is C23H18O7. The molecule has 0 amide bonds. The van der Waals surface area contributed by atoms with Gasteiger partial charge in [-0.15, -0.1) is 0 Å². The highest BCUT2D eigenvalue weighted by atomic mass is 16.4. The van der Waals surface area contributed by atoms with Crippen LogP contribution in [0.25, 0.3) is 5.57 Å². The molecule has 0 saturated heterocycles. The first-order valence-corrected chi connectivity index (χ1v) is 8.89. The Balaban J connectivity index is 2.39. The quantitative estimate of drug-likeness (QED) is 0.572. The van der Waals surface area contributed by atoms with Gasteiger partial charge in [0.15, 0.2) is 5.78 Å². The lowest BCUT2D eigenvalue weighted by Gasteiger charge is -2.17. The second kappa shape index (κ2) is 7.71. The molecule has 0 bridgehead atoms. The highest BCUT2D eigenvalue weighted by Gasteiger charge is 2.23. The van der Waals surface area contributed by atoms with E-state index in [1.165, 1.54) is 24.3 Å². The predicted molar refractivity (Wildman–Crippen MR) is 109 cm³/mol. The minimum atomic E-state index is -1.38. The number of phenolic OH excluding ortho intramolecular Hbond substituents is 1. The van der Waals surface area contributed by atoms with Gasteiger partial charge in [-0.2, -0.15) is 0 Å². The van der Waals surface area contributed by atoms with Crippen molar-refractivity contribution in [3.05, 3.63) is 87.5 Å². The molecule has 1 aliphatic carbocycles.